The smallest absolute Gasteiger partial charge is 0.251 e. The van der Waals surface area contributed by atoms with Crippen molar-refractivity contribution in [2.75, 3.05) is 26.8 Å². The van der Waals surface area contributed by atoms with E-state index in [2.05, 4.69) is 36.6 Å². The monoisotopic (exact) mass is 470 g/mol. The van der Waals surface area contributed by atoms with Crippen LogP contribution in [0.1, 0.15) is 59.4 Å². The summed E-state index contributed by atoms with van der Waals surface area (Å²) in [5.41, 5.74) is 4.39. The lowest BCUT2D eigenvalue weighted by Crippen LogP contribution is -2.28. The number of carbonyl (C=O) groups excluding carboxylic acids is 2. The molecule has 6 heteroatoms. The lowest BCUT2D eigenvalue weighted by atomic mass is 9.96. The molecular weight excluding hydrogens is 428 g/mol. The minimum atomic E-state index is -0.259. The van der Waals surface area contributed by atoms with Gasteiger partial charge in [0.25, 0.3) is 5.91 Å². The SMILES string of the molecule is CCOC(CCCNC(=O)C(/C=C(\C)C(=O)NC)=C/C(Cc1ccccc1)=C(C)CC)OCC. The molecule has 0 spiro atoms. The van der Waals surface area contributed by atoms with Gasteiger partial charge in [-0.1, -0.05) is 42.8 Å². The Morgan fingerprint density at radius 1 is 0.971 bits per heavy atom. The van der Waals surface area contributed by atoms with Gasteiger partial charge in [0.2, 0.25) is 5.91 Å². The van der Waals surface area contributed by atoms with E-state index in [1.807, 2.05) is 38.1 Å². The minimum Gasteiger partial charge on any atom is -0.355 e. The van der Waals surface area contributed by atoms with E-state index in [-0.39, 0.29) is 18.1 Å². The Morgan fingerprint density at radius 3 is 2.18 bits per heavy atom. The zero-order chi connectivity index (χ0) is 25.3. The van der Waals surface area contributed by atoms with Crippen LogP contribution in [0.3, 0.4) is 0 Å². The average molecular weight is 471 g/mol. The number of hydrogen-bond donors (Lipinski definition) is 2. The molecule has 6 nitrogen and oxygen atoms in total. The first kappa shape index (κ1) is 29.3. The number of allylic oxidation sites excluding steroid dienone is 3. The molecule has 34 heavy (non-hydrogen) atoms. The summed E-state index contributed by atoms with van der Waals surface area (Å²) in [6.07, 6.45) is 6.33. The van der Waals surface area contributed by atoms with Gasteiger partial charge in [0.05, 0.1) is 0 Å². The van der Waals surface area contributed by atoms with Gasteiger partial charge < -0.3 is 20.1 Å². The molecule has 0 unspecified atom stereocenters. The summed E-state index contributed by atoms with van der Waals surface area (Å²) >= 11 is 0. The predicted octanol–water partition coefficient (Wildman–Crippen LogP) is 4.87. The summed E-state index contributed by atoms with van der Waals surface area (Å²) in [6, 6.07) is 10.2. The lowest BCUT2D eigenvalue weighted by Gasteiger charge is -2.17. The molecule has 188 valence electrons. The van der Waals surface area contributed by atoms with Gasteiger partial charge in [-0.3, -0.25) is 9.59 Å². The van der Waals surface area contributed by atoms with Gasteiger partial charge >= 0.3 is 0 Å². The molecule has 0 aromatic heterocycles. The van der Waals surface area contributed by atoms with Crippen LogP contribution in [-0.4, -0.2) is 44.9 Å². The van der Waals surface area contributed by atoms with Crippen molar-refractivity contribution in [3.05, 3.63) is 70.3 Å². The maximum absolute atomic E-state index is 13.1. The van der Waals surface area contributed by atoms with E-state index in [1.165, 1.54) is 11.1 Å². The normalized spacial score (nSPS) is 13.0. The minimum absolute atomic E-state index is 0.206. The molecule has 0 bridgehead atoms. The van der Waals surface area contributed by atoms with Gasteiger partial charge in [0, 0.05) is 44.4 Å². The van der Waals surface area contributed by atoms with Gasteiger partial charge in [-0.15, -0.1) is 0 Å². The standard InChI is InChI=1S/C28H42N2O4/c1-7-21(4)24(19-23-14-11-10-12-15-23)20-25(18-22(5)27(31)29-6)28(32)30-17-13-16-26(33-8-2)34-9-3/h10-12,14-15,18,20,26H,7-9,13,16-17,19H2,1-6H3,(H,29,31)(H,30,32)/b22-18+,24-21?,25-20+. The van der Waals surface area contributed by atoms with Crippen LogP contribution in [0.4, 0.5) is 0 Å². The number of benzene rings is 1. The van der Waals surface area contributed by atoms with Crippen LogP contribution in [0.2, 0.25) is 0 Å². The Morgan fingerprint density at radius 2 is 1.62 bits per heavy atom. The van der Waals surface area contributed by atoms with Gasteiger partial charge in [0.1, 0.15) is 0 Å². The van der Waals surface area contributed by atoms with E-state index >= 15 is 0 Å². The van der Waals surface area contributed by atoms with Crippen LogP contribution in [-0.2, 0) is 25.5 Å². The van der Waals surface area contributed by atoms with Gasteiger partial charge in [0.15, 0.2) is 6.29 Å². The Kier molecular flexibility index (Phi) is 14.5. The van der Waals surface area contributed by atoms with Gasteiger partial charge in [-0.2, -0.15) is 0 Å². The van der Waals surface area contributed by atoms with Crippen LogP contribution >= 0.6 is 0 Å². The highest BCUT2D eigenvalue weighted by Crippen LogP contribution is 2.19. The largest absolute Gasteiger partial charge is 0.355 e. The molecule has 0 saturated heterocycles. The number of likely N-dealkylation sites (N-methyl/N-ethyl adjacent to an activating group) is 1. The van der Waals surface area contributed by atoms with Crippen molar-refractivity contribution < 1.29 is 19.1 Å². The van der Waals surface area contributed by atoms with Crippen molar-refractivity contribution >= 4 is 11.8 Å². The lowest BCUT2D eigenvalue weighted by molar-refractivity contribution is -0.140. The second-order valence-corrected chi connectivity index (χ2v) is 8.07. The Balaban J connectivity index is 3.09. The summed E-state index contributed by atoms with van der Waals surface area (Å²) < 4.78 is 11.1. The quantitative estimate of drug-likeness (QED) is 0.166. The number of rotatable bonds is 15. The van der Waals surface area contributed by atoms with Crippen LogP contribution in [0.15, 0.2) is 64.8 Å². The van der Waals surface area contributed by atoms with Crippen LogP contribution in [0, 0.1) is 0 Å². The van der Waals surface area contributed by atoms with Crippen molar-refractivity contribution in [2.45, 2.75) is 66.6 Å². The summed E-state index contributed by atoms with van der Waals surface area (Å²) in [7, 11) is 1.58. The van der Waals surface area contributed by atoms with Crippen LogP contribution < -0.4 is 10.6 Å². The second kappa shape index (κ2) is 16.8. The van der Waals surface area contributed by atoms with Gasteiger partial charge in [-0.25, -0.2) is 0 Å². The van der Waals surface area contributed by atoms with Crippen molar-refractivity contribution in [1.82, 2.24) is 10.6 Å². The second-order valence-electron chi connectivity index (χ2n) is 8.07. The van der Waals surface area contributed by atoms with E-state index in [0.29, 0.717) is 43.7 Å². The number of ether oxygens (including phenoxy) is 2. The molecule has 0 heterocycles. The maximum Gasteiger partial charge on any atom is 0.251 e. The maximum atomic E-state index is 13.1. The molecule has 0 radical (unpaired) electrons. The number of hydrogen-bond acceptors (Lipinski definition) is 4. The Hall–Kier alpha value is -2.70. The van der Waals surface area contributed by atoms with Crippen LogP contribution in [0.5, 0.6) is 0 Å². The number of carbonyl (C=O) groups is 2. The zero-order valence-corrected chi connectivity index (χ0v) is 21.7. The van der Waals surface area contributed by atoms with Crippen molar-refractivity contribution in [1.29, 1.82) is 0 Å². The highest BCUT2D eigenvalue weighted by atomic mass is 16.7. The number of amides is 2. The molecule has 0 aliphatic rings. The highest BCUT2D eigenvalue weighted by Gasteiger charge is 2.13. The third kappa shape index (κ3) is 10.9. The third-order valence-corrected chi connectivity index (χ3v) is 5.47. The summed E-state index contributed by atoms with van der Waals surface area (Å²) in [4.78, 5) is 25.3. The van der Waals surface area contributed by atoms with E-state index in [4.69, 9.17) is 9.47 Å². The Labute approximate surface area is 205 Å². The fourth-order valence-corrected chi connectivity index (χ4v) is 3.38. The molecule has 0 fully saturated rings. The van der Waals surface area contributed by atoms with E-state index in [1.54, 1.807) is 20.0 Å². The molecule has 1 aromatic rings. The fraction of sp³-hybridized carbons (Fsp3) is 0.500. The first-order valence-corrected chi connectivity index (χ1v) is 12.2. The van der Waals surface area contributed by atoms with Crippen LogP contribution in [0.25, 0.3) is 0 Å². The van der Waals surface area contributed by atoms with Crippen molar-refractivity contribution in [2.24, 2.45) is 0 Å². The Bertz CT molecular complexity index is 850. The van der Waals surface area contributed by atoms with Crippen molar-refractivity contribution in [3.8, 4) is 0 Å². The molecule has 0 saturated carbocycles. The summed E-state index contributed by atoms with van der Waals surface area (Å²) in [5, 5.41) is 5.61. The molecule has 2 N–H and O–H groups in total. The average Bonchev–Trinajstić information content (AvgIpc) is 2.85. The van der Waals surface area contributed by atoms with E-state index in [0.717, 1.165) is 18.4 Å². The molecular formula is C28H42N2O4. The molecule has 0 atom stereocenters. The van der Waals surface area contributed by atoms with E-state index < -0.39 is 0 Å². The first-order chi connectivity index (χ1) is 16.4. The third-order valence-electron chi connectivity index (χ3n) is 5.47. The fourth-order valence-electron chi connectivity index (χ4n) is 3.38. The summed E-state index contributed by atoms with van der Waals surface area (Å²) in [6.45, 7) is 11.4. The highest BCUT2D eigenvalue weighted by molar-refractivity contribution is 6.00. The number of nitrogens with one attached hydrogen (secondary N) is 2. The molecule has 0 aliphatic heterocycles. The molecule has 1 rings (SSSR count). The van der Waals surface area contributed by atoms with Crippen molar-refractivity contribution in [3.63, 3.8) is 0 Å². The topological polar surface area (TPSA) is 76.7 Å². The predicted molar refractivity (Wildman–Crippen MR) is 138 cm³/mol. The van der Waals surface area contributed by atoms with Gasteiger partial charge in [-0.05, 0) is 70.2 Å². The molecule has 1 aromatic carbocycles. The zero-order valence-electron chi connectivity index (χ0n) is 21.7. The first-order valence-electron chi connectivity index (χ1n) is 12.2. The van der Waals surface area contributed by atoms with E-state index in [9.17, 15) is 9.59 Å². The molecule has 0 aliphatic carbocycles. The summed E-state index contributed by atoms with van der Waals surface area (Å²) in [5.74, 6) is -0.419. The molecule has 2 amide bonds.